The fourth-order valence-corrected chi connectivity index (χ4v) is 7.12. The van der Waals surface area contributed by atoms with Crippen LogP contribution in [-0.4, -0.2) is 66.3 Å². The van der Waals surface area contributed by atoms with Crippen LogP contribution in [0.3, 0.4) is 0 Å². The monoisotopic (exact) mass is 574 g/mol. The van der Waals surface area contributed by atoms with Gasteiger partial charge in [-0.2, -0.15) is 0 Å². The maximum Gasteiger partial charge on any atom is 0.268 e. The first kappa shape index (κ1) is 29.0. The summed E-state index contributed by atoms with van der Waals surface area (Å²) >= 11 is 0. The molecule has 2 aliphatic carbocycles. The van der Waals surface area contributed by atoms with E-state index < -0.39 is 6.04 Å². The summed E-state index contributed by atoms with van der Waals surface area (Å²) in [6.07, 6.45) is 9.78. The van der Waals surface area contributed by atoms with Gasteiger partial charge in [0.05, 0.1) is 0 Å². The number of nitrogens with zero attached hydrogens (tertiary/aromatic N) is 2. The average molecular weight is 575 g/mol. The first-order chi connectivity index (χ1) is 20.2. The first-order valence-corrected chi connectivity index (χ1v) is 16.0. The molecule has 226 valence electrons. The predicted molar refractivity (Wildman–Crippen MR) is 163 cm³/mol. The lowest BCUT2D eigenvalue weighted by Crippen LogP contribution is -2.48. The topological polar surface area (TPSA) is 94.7 Å². The molecule has 2 aromatic rings. The zero-order chi connectivity index (χ0) is 29.4. The molecule has 6 rings (SSSR count). The number of hydrogen-bond donors (Lipinski definition) is 2. The number of anilines is 1. The lowest BCUT2D eigenvalue weighted by Gasteiger charge is -2.28. The molecule has 1 aromatic carbocycles. The molecule has 42 heavy (non-hydrogen) atoms. The van der Waals surface area contributed by atoms with Gasteiger partial charge in [0.1, 0.15) is 24.1 Å². The molecule has 3 heterocycles. The van der Waals surface area contributed by atoms with Crippen LogP contribution in [0.4, 0.5) is 5.69 Å². The maximum absolute atomic E-state index is 14.0. The van der Waals surface area contributed by atoms with Gasteiger partial charge in [-0.3, -0.25) is 19.3 Å². The van der Waals surface area contributed by atoms with Gasteiger partial charge < -0.3 is 19.9 Å². The van der Waals surface area contributed by atoms with E-state index >= 15 is 0 Å². The normalized spacial score (nSPS) is 20.6. The van der Waals surface area contributed by atoms with E-state index in [4.69, 9.17) is 4.74 Å². The first-order valence-electron chi connectivity index (χ1n) is 16.0. The fraction of sp³-hybridized carbons (Fsp3) is 0.618. The number of fused-ring (bicyclic) bond motifs is 2. The number of ketones is 1. The summed E-state index contributed by atoms with van der Waals surface area (Å²) in [7, 11) is 0. The lowest BCUT2D eigenvalue weighted by molar-refractivity contribution is -0.120. The zero-order valence-electron chi connectivity index (χ0n) is 25.5. The van der Waals surface area contributed by atoms with Crippen molar-refractivity contribution in [1.29, 1.82) is 0 Å². The Morgan fingerprint density at radius 1 is 1.12 bits per heavy atom. The second-order valence-corrected chi connectivity index (χ2v) is 13.7. The van der Waals surface area contributed by atoms with Crippen LogP contribution in [0.2, 0.25) is 0 Å². The van der Waals surface area contributed by atoms with E-state index in [0.717, 1.165) is 61.6 Å². The minimum atomic E-state index is -0.614. The Hall–Kier alpha value is -3.13. The molecule has 2 N–H and O–H groups in total. The van der Waals surface area contributed by atoms with Crippen LogP contribution in [0.1, 0.15) is 103 Å². The van der Waals surface area contributed by atoms with Crippen molar-refractivity contribution in [3.8, 4) is 5.75 Å². The third-order valence-corrected chi connectivity index (χ3v) is 9.63. The number of nitrogens with one attached hydrogen (secondary N) is 2. The summed E-state index contributed by atoms with van der Waals surface area (Å²) in [5.41, 5.74) is 4.47. The number of hydrogen-bond acceptors (Lipinski definition) is 5. The van der Waals surface area contributed by atoms with Gasteiger partial charge in [0.15, 0.2) is 5.78 Å². The summed E-state index contributed by atoms with van der Waals surface area (Å²) in [4.78, 5) is 48.0. The molecule has 1 saturated carbocycles. The van der Waals surface area contributed by atoms with E-state index in [-0.39, 0.29) is 23.0 Å². The van der Waals surface area contributed by atoms with E-state index in [9.17, 15) is 14.4 Å². The minimum Gasteiger partial charge on any atom is -0.492 e. The number of aromatic amines is 1. The molecule has 1 saturated heterocycles. The molecule has 1 atom stereocenters. The molecule has 1 aromatic heterocycles. The van der Waals surface area contributed by atoms with Crippen molar-refractivity contribution in [2.24, 2.45) is 11.3 Å². The van der Waals surface area contributed by atoms with Crippen LogP contribution in [0.5, 0.6) is 5.75 Å². The van der Waals surface area contributed by atoms with Crippen LogP contribution < -0.4 is 15.0 Å². The number of H-pyrrole nitrogens is 1. The molecule has 0 radical (unpaired) electrons. The van der Waals surface area contributed by atoms with Gasteiger partial charge >= 0.3 is 0 Å². The van der Waals surface area contributed by atoms with E-state index in [1.807, 2.05) is 24.0 Å². The van der Waals surface area contributed by atoms with Crippen molar-refractivity contribution in [1.82, 2.24) is 15.2 Å². The maximum atomic E-state index is 14.0. The Balaban J connectivity index is 1.13. The number of aromatic nitrogens is 1. The number of carbonyl (C=O) groups excluding carboxylic acids is 3. The van der Waals surface area contributed by atoms with Crippen molar-refractivity contribution in [3.63, 3.8) is 0 Å². The van der Waals surface area contributed by atoms with Gasteiger partial charge in [0, 0.05) is 36.5 Å². The van der Waals surface area contributed by atoms with Gasteiger partial charge in [-0.05, 0) is 99.2 Å². The highest BCUT2D eigenvalue weighted by Gasteiger charge is 2.37. The van der Waals surface area contributed by atoms with E-state index in [1.165, 1.54) is 32.1 Å². The number of carbonyl (C=O) groups is 3. The number of piperidine rings is 1. The Bertz CT molecular complexity index is 1350. The van der Waals surface area contributed by atoms with Gasteiger partial charge in [-0.1, -0.05) is 33.1 Å². The molecule has 2 aliphatic heterocycles. The van der Waals surface area contributed by atoms with Crippen LogP contribution in [0.15, 0.2) is 18.2 Å². The standard InChI is InChI=1S/C34H46N4O4/c1-22-30-27(20-34(2,3)21-29(30)39)35-31(22)32(40)36-26(11-9-23-7-8-23)33(41)38-16-13-24-19-25(10-12-28(24)38)42-18-17-37-14-5-4-6-15-37/h10,12,19,23,26,35H,4-9,11,13-18,20-21H2,1-3H3,(H,36,40). The highest BCUT2D eigenvalue weighted by molar-refractivity contribution is 6.06. The Labute approximate surface area is 249 Å². The van der Waals surface area contributed by atoms with Crippen molar-refractivity contribution < 1.29 is 19.1 Å². The molecular formula is C34H46N4O4. The number of amides is 2. The van der Waals surface area contributed by atoms with E-state index in [2.05, 4.69) is 35.1 Å². The molecule has 0 bridgehead atoms. The quantitative estimate of drug-likeness (QED) is 0.406. The van der Waals surface area contributed by atoms with Crippen LogP contribution in [0.25, 0.3) is 0 Å². The molecular weight excluding hydrogens is 528 g/mol. The SMILES string of the molecule is Cc1c(C(=O)NC(CCC2CC2)C(=O)N2CCc3cc(OCCN4CCCCC4)ccc32)[nH]c2c1C(=O)CC(C)(C)C2. The number of rotatable bonds is 10. The molecule has 8 nitrogen and oxygen atoms in total. The number of benzene rings is 1. The summed E-state index contributed by atoms with van der Waals surface area (Å²) in [6.45, 7) is 10.5. The largest absolute Gasteiger partial charge is 0.492 e. The van der Waals surface area contributed by atoms with E-state index in [1.54, 1.807) is 0 Å². The highest BCUT2D eigenvalue weighted by Crippen LogP contribution is 2.38. The second-order valence-electron chi connectivity index (χ2n) is 13.7. The molecule has 2 fully saturated rings. The molecule has 8 heteroatoms. The Morgan fingerprint density at radius 2 is 1.90 bits per heavy atom. The van der Waals surface area contributed by atoms with Gasteiger partial charge in [-0.15, -0.1) is 0 Å². The average Bonchev–Trinajstić information content (AvgIpc) is 3.60. The van der Waals surface area contributed by atoms with Gasteiger partial charge in [-0.25, -0.2) is 0 Å². The van der Waals surface area contributed by atoms with Crippen LogP contribution >= 0.6 is 0 Å². The molecule has 0 spiro atoms. The smallest absolute Gasteiger partial charge is 0.268 e. The lowest BCUT2D eigenvalue weighted by atomic mass is 9.75. The van der Waals surface area contributed by atoms with Crippen LogP contribution in [0, 0.1) is 18.3 Å². The number of Topliss-reactive ketones (excluding diaryl/α,β-unsaturated/α-hetero) is 1. The summed E-state index contributed by atoms with van der Waals surface area (Å²) in [6, 6.07) is 5.41. The molecule has 1 unspecified atom stereocenters. The van der Waals surface area contributed by atoms with E-state index in [0.29, 0.717) is 48.7 Å². The minimum absolute atomic E-state index is 0.0623. The summed E-state index contributed by atoms with van der Waals surface area (Å²) in [5.74, 6) is 1.21. The zero-order valence-corrected chi connectivity index (χ0v) is 25.5. The van der Waals surface area contributed by atoms with Gasteiger partial charge in [0.25, 0.3) is 5.91 Å². The molecule has 4 aliphatic rings. The molecule has 2 amide bonds. The van der Waals surface area contributed by atoms with Crippen molar-refractivity contribution in [2.75, 3.05) is 37.7 Å². The van der Waals surface area contributed by atoms with Crippen LogP contribution in [-0.2, 0) is 17.6 Å². The summed E-state index contributed by atoms with van der Waals surface area (Å²) < 4.78 is 6.09. The number of likely N-dealkylation sites (tertiary alicyclic amines) is 1. The van der Waals surface area contributed by atoms with Crippen molar-refractivity contribution in [2.45, 2.75) is 91.0 Å². The third kappa shape index (κ3) is 6.29. The predicted octanol–water partition coefficient (Wildman–Crippen LogP) is 5.22. The Kier molecular flexibility index (Phi) is 8.18. The van der Waals surface area contributed by atoms with Gasteiger partial charge in [0.2, 0.25) is 5.91 Å². The van der Waals surface area contributed by atoms with Crippen molar-refractivity contribution in [3.05, 3.63) is 46.3 Å². The fourth-order valence-electron chi connectivity index (χ4n) is 7.12. The Morgan fingerprint density at radius 3 is 2.67 bits per heavy atom. The number of ether oxygens (including phenoxy) is 1. The van der Waals surface area contributed by atoms with Crippen molar-refractivity contribution >= 4 is 23.3 Å². The third-order valence-electron chi connectivity index (χ3n) is 9.63. The highest BCUT2D eigenvalue weighted by atomic mass is 16.5. The second kappa shape index (κ2) is 11.9. The summed E-state index contributed by atoms with van der Waals surface area (Å²) in [5, 5.41) is 3.08.